The summed E-state index contributed by atoms with van der Waals surface area (Å²) >= 11 is 7.45. The highest BCUT2D eigenvalue weighted by molar-refractivity contribution is 7.10. The van der Waals surface area contributed by atoms with Gasteiger partial charge in [0.25, 0.3) is 5.91 Å². The molecule has 2 nitrogen and oxygen atoms in total. The van der Waals surface area contributed by atoms with Crippen molar-refractivity contribution in [2.75, 3.05) is 6.54 Å². The zero-order valence-electron chi connectivity index (χ0n) is 11.7. The summed E-state index contributed by atoms with van der Waals surface area (Å²) in [6.07, 6.45) is 0. The molecule has 0 saturated carbocycles. The number of carbonyl (C=O) groups excluding carboxylic acids is 1. The zero-order valence-corrected chi connectivity index (χ0v) is 13.2. The molecule has 2 aromatic rings. The van der Waals surface area contributed by atoms with Crippen LogP contribution in [0.5, 0.6) is 0 Å². The minimum absolute atomic E-state index is 0.0456. The first-order valence-electron chi connectivity index (χ1n) is 6.50. The highest BCUT2D eigenvalue weighted by Crippen LogP contribution is 2.26. The molecule has 0 radical (unpaired) electrons. The van der Waals surface area contributed by atoms with Crippen molar-refractivity contribution >= 4 is 28.8 Å². The maximum Gasteiger partial charge on any atom is 0.251 e. The smallest absolute Gasteiger partial charge is 0.251 e. The van der Waals surface area contributed by atoms with Gasteiger partial charge in [0.1, 0.15) is 0 Å². The average Bonchev–Trinajstić information content (AvgIpc) is 3.00. The van der Waals surface area contributed by atoms with Crippen molar-refractivity contribution in [3.8, 4) is 0 Å². The summed E-state index contributed by atoms with van der Waals surface area (Å²) in [5.74, 6) is 0.420. The Morgan fingerprint density at radius 3 is 2.50 bits per heavy atom. The van der Waals surface area contributed by atoms with Crippen LogP contribution in [-0.4, -0.2) is 12.5 Å². The second-order valence-corrected chi connectivity index (χ2v) is 6.59. The molecule has 4 heteroatoms. The maximum absolute atomic E-state index is 12.1. The minimum atomic E-state index is -0.0556. The lowest BCUT2D eigenvalue weighted by Gasteiger charge is -2.23. The van der Waals surface area contributed by atoms with Crippen molar-refractivity contribution in [1.29, 1.82) is 0 Å². The van der Waals surface area contributed by atoms with E-state index >= 15 is 0 Å². The Kier molecular flexibility index (Phi) is 4.84. The van der Waals surface area contributed by atoms with E-state index in [0.717, 1.165) is 5.56 Å². The summed E-state index contributed by atoms with van der Waals surface area (Å²) in [5.41, 5.74) is 1.63. The first-order chi connectivity index (χ1) is 9.53. The summed E-state index contributed by atoms with van der Waals surface area (Å²) in [4.78, 5) is 13.4. The van der Waals surface area contributed by atoms with E-state index in [0.29, 0.717) is 18.0 Å². The van der Waals surface area contributed by atoms with Gasteiger partial charge in [-0.1, -0.05) is 32.0 Å². The Labute approximate surface area is 128 Å². The van der Waals surface area contributed by atoms with Crippen molar-refractivity contribution < 1.29 is 4.79 Å². The third kappa shape index (κ3) is 3.62. The van der Waals surface area contributed by atoms with Gasteiger partial charge in [-0.05, 0) is 29.1 Å². The monoisotopic (exact) mass is 307 g/mol. The molecule has 1 aromatic carbocycles. The molecular formula is C16H18ClNOS. The van der Waals surface area contributed by atoms with Crippen LogP contribution in [-0.2, 0) is 11.3 Å². The fourth-order valence-electron chi connectivity index (χ4n) is 1.90. The van der Waals surface area contributed by atoms with Crippen molar-refractivity contribution in [1.82, 2.24) is 5.32 Å². The standard InChI is InChI=1S/C16H18ClNOS/c1-16(2,14-4-3-9-20-14)11-18-15(19)13-7-5-12(10-17)6-8-13/h3-9H,10-11H2,1-2H3,(H,18,19). The third-order valence-electron chi connectivity index (χ3n) is 3.25. The predicted octanol–water partition coefficient (Wildman–Crippen LogP) is 4.19. The average molecular weight is 308 g/mol. The van der Waals surface area contributed by atoms with Gasteiger partial charge >= 0.3 is 0 Å². The molecular weight excluding hydrogens is 290 g/mol. The molecule has 0 atom stereocenters. The van der Waals surface area contributed by atoms with E-state index in [-0.39, 0.29) is 11.3 Å². The molecule has 0 aliphatic heterocycles. The Bertz CT molecular complexity index is 561. The van der Waals surface area contributed by atoms with Crippen LogP contribution in [0.3, 0.4) is 0 Å². The quantitative estimate of drug-likeness (QED) is 0.824. The van der Waals surface area contributed by atoms with Crippen LogP contribution < -0.4 is 5.32 Å². The molecule has 0 unspecified atom stereocenters. The number of benzene rings is 1. The Morgan fingerprint density at radius 2 is 1.95 bits per heavy atom. The number of nitrogens with one attached hydrogen (secondary N) is 1. The Morgan fingerprint density at radius 1 is 1.25 bits per heavy atom. The normalized spacial score (nSPS) is 11.3. The highest BCUT2D eigenvalue weighted by atomic mass is 35.5. The summed E-state index contributed by atoms with van der Waals surface area (Å²) in [5, 5.41) is 5.06. The lowest BCUT2D eigenvalue weighted by molar-refractivity contribution is 0.0946. The van der Waals surface area contributed by atoms with Gasteiger partial charge in [0.15, 0.2) is 0 Å². The number of alkyl halides is 1. The van der Waals surface area contributed by atoms with E-state index in [1.54, 1.807) is 11.3 Å². The number of halogens is 1. The second kappa shape index (κ2) is 6.42. The number of rotatable bonds is 5. The molecule has 2 rings (SSSR count). The lowest BCUT2D eigenvalue weighted by atomic mass is 9.91. The predicted molar refractivity (Wildman–Crippen MR) is 85.7 cm³/mol. The minimum Gasteiger partial charge on any atom is -0.351 e. The topological polar surface area (TPSA) is 29.1 Å². The van der Waals surface area contributed by atoms with Gasteiger partial charge in [-0.15, -0.1) is 22.9 Å². The summed E-state index contributed by atoms with van der Waals surface area (Å²) in [6, 6.07) is 11.5. The summed E-state index contributed by atoms with van der Waals surface area (Å²) < 4.78 is 0. The SMILES string of the molecule is CC(C)(CNC(=O)c1ccc(CCl)cc1)c1cccs1. The fraction of sp³-hybridized carbons (Fsp3) is 0.312. The van der Waals surface area contributed by atoms with Gasteiger partial charge in [0, 0.05) is 28.3 Å². The second-order valence-electron chi connectivity index (χ2n) is 5.37. The number of hydrogen-bond acceptors (Lipinski definition) is 2. The van der Waals surface area contributed by atoms with Crippen molar-refractivity contribution in [3.63, 3.8) is 0 Å². The van der Waals surface area contributed by atoms with Crippen LogP contribution in [0.15, 0.2) is 41.8 Å². The molecule has 1 aromatic heterocycles. The van der Waals surface area contributed by atoms with Crippen LogP contribution in [0.1, 0.15) is 34.6 Å². The molecule has 1 N–H and O–H groups in total. The van der Waals surface area contributed by atoms with Gasteiger partial charge in [0.2, 0.25) is 0 Å². The van der Waals surface area contributed by atoms with Crippen molar-refractivity contribution in [2.45, 2.75) is 25.1 Å². The largest absolute Gasteiger partial charge is 0.351 e. The fourth-order valence-corrected chi connectivity index (χ4v) is 2.93. The Balaban J connectivity index is 1.98. The number of amides is 1. The van der Waals surface area contributed by atoms with Crippen LogP contribution in [0.2, 0.25) is 0 Å². The molecule has 0 spiro atoms. The lowest BCUT2D eigenvalue weighted by Crippen LogP contribution is -2.36. The molecule has 0 aliphatic carbocycles. The van der Waals surface area contributed by atoms with Crippen LogP contribution >= 0.6 is 22.9 Å². The number of hydrogen-bond donors (Lipinski definition) is 1. The molecule has 20 heavy (non-hydrogen) atoms. The molecule has 0 bridgehead atoms. The molecule has 0 fully saturated rings. The third-order valence-corrected chi connectivity index (χ3v) is 4.79. The molecule has 106 valence electrons. The van der Waals surface area contributed by atoms with Gasteiger partial charge in [-0.3, -0.25) is 4.79 Å². The van der Waals surface area contributed by atoms with E-state index in [2.05, 4.69) is 30.6 Å². The van der Waals surface area contributed by atoms with E-state index in [4.69, 9.17) is 11.6 Å². The highest BCUT2D eigenvalue weighted by Gasteiger charge is 2.22. The molecule has 0 aliphatic rings. The molecule has 1 amide bonds. The van der Waals surface area contributed by atoms with Gasteiger partial charge in [0.05, 0.1) is 0 Å². The zero-order chi connectivity index (χ0) is 14.6. The van der Waals surface area contributed by atoms with Gasteiger partial charge < -0.3 is 5.32 Å². The maximum atomic E-state index is 12.1. The summed E-state index contributed by atoms with van der Waals surface area (Å²) in [7, 11) is 0. The van der Waals surface area contributed by atoms with Crippen LogP contribution in [0.25, 0.3) is 0 Å². The van der Waals surface area contributed by atoms with E-state index < -0.39 is 0 Å². The van der Waals surface area contributed by atoms with Crippen molar-refractivity contribution in [3.05, 3.63) is 57.8 Å². The molecule has 0 saturated heterocycles. The van der Waals surface area contributed by atoms with Gasteiger partial charge in [-0.2, -0.15) is 0 Å². The molecule has 1 heterocycles. The van der Waals surface area contributed by atoms with Crippen LogP contribution in [0, 0.1) is 0 Å². The van der Waals surface area contributed by atoms with E-state index in [1.807, 2.05) is 30.3 Å². The van der Waals surface area contributed by atoms with E-state index in [9.17, 15) is 4.79 Å². The van der Waals surface area contributed by atoms with Gasteiger partial charge in [-0.25, -0.2) is 0 Å². The first kappa shape index (κ1) is 15.1. The first-order valence-corrected chi connectivity index (χ1v) is 7.91. The number of thiophene rings is 1. The Hall–Kier alpha value is -1.32. The summed E-state index contributed by atoms with van der Waals surface area (Å²) in [6.45, 7) is 4.88. The van der Waals surface area contributed by atoms with E-state index in [1.165, 1.54) is 4.88 Å². The van der Waals surface area contributed by atoms with Crippen LogP contribution in [0.4, 0.5) is 0 Å². The number of carbonyl (C=O) groups is 1. The van der Waals surface area contributed by atoms with Crippen molar-refractivity contribution in [2.24, 2.45) is 0 Å².